The van der Waals surface area contributed by atoms with Crippen LogP contribution >= 0.6 is 0 Å². The number of likely N-dealkylation sites (tertiary alicyclic amines) is 1. The molecular formula is C27H29N3O5. The molecule has 1 amide bonds. The van der Waals surface area contributed by atoms with Crippen LogP contribution in [0.4, 0.5) is 11.4 Å². The second-order valence-electron chi connectivity index (χ2n) is 8.74. The average molecular weight is 476 g/mol. The molecule has 3 aromatic carbocycles. The third-order valence-electron chi connectivity index (χ3n) is 6.64. The summed E-state index contributed by atoms with van der Waals surface area (Å²) in [6.07, 6.45) is 1.46. The molecule has 8 nitrogen and oxygen atoms in total. The number of nitrogens with one attached hydrogen (secondary N) is 1. The van der Waals surface area contributed by atoms with Gasteiger partial charge >= 0.3 is 0 Å². The van der Waals surface area contributed by atoms with Gasteiger partial charge in [0.05, 0.1) is 30.3 Å². The summed E-state index contributed by atoms with van der Waals surface area (Å²) in [5.41, 5.74) is 0.912. The largest absolute Gasteiger partial charge is 0.494 e. The summed E-state index contributed by atoms with van der Waals surface area (Å²) in [7, 11) is 1.40. The SMILES string of the molecule is COc1cc([N+](=O)[O-])ccc1NC(=O)CN1CCC(C(O)(c2ccccc2)c2ccccc2)CC1. The lowest BCUT2D eigenvalue weighted by molar-refractivity contribution is -0.384. The number of amides is 1. The van der Waals surface area contributed by atoms with Crippen molar-refractivity contribution >= 4 is 17.3 Å². The van der Waals surface area contributed by atoms with E-state index in [4.69, 9.17) is 4.74 Å². The van der Waals surface area contributed by atoms with Gasteiger partial charge in [0.15, 0.2) is 0 Å². The second-order valence-corrected chi connectivity index (χ2v) is 8.74. The van der Waals surface area contributed by atoms with Crippen LogP contribution in [0.3, 0.4) is 0 Å². The minimum atomic E-state index is -1.11. The quantitative estimate of drug-likeness (QED) is 0.374. The van der Waals surface area contributed by atoms with Crippen molar-refractivity contribution in [3.05, 3.63) is 100 Å². The van der Waals surface area contributed by atoms with Crippen LogP contribution in [0.15, 0.2) is 78.9 Å². The Kier molecular flexibility index (Phi) is 7.43. The first-order chi connectivity index (χ1) is 16.9. The fraction of sp³-hybridized carbons (Fsp3) is 0.296. The zero-order chi connectivity index (χ0) is 24.8. The van der Waals surface area contributed by atoms with E-state index in [9.17, 15) is 20.0 Å². The van der Waals surface area contributed by atoms with Gasteiger partial charge < -0.3 is 15.2 Å². The van der Waals surface area contributed by atoms with Gasteiger partial charge in [-0.05, 0) is 49.0 Å². The molecule has 0 spiro atoms. The number of carbonyl (C=O) groups excluding carboxylic acids is 1. The Morgan fingerprint density at radius 3 is 2.14 bits per heavy atom. The third-order valence-corrected chi connectivity index (χ3v) is 6.64. The van der Waals surface area contributed by atoms with Crippen LogP contribution < -0.4 is 10.1 Å². The number of benzene rings is 3. The Bertz CT molecular complexity index is 1120. The molecule has 0 bridgehead atoms. The number of hydrogen-bond donors (Lipinski definition) is 2. The summed E-state index contributed by atoms with van der Waals surface area (Å²) in [6, 6.07) is 23.6. The highest BCUT2D eigenvalue weighted by Gasteiger charge is 2.41. The van der Waals surface area contributed by atoms with E-state index >= 15 is 0 Å². The van der Waals surface area contributed by atoms with Gasteiger partial charge in [0.1, 0.15) is 11.4 Å². The Labute approximate surface area is 204 Å². The molecule has 35 heavy (non-hydrogen) atoms. The zero-order valence-corrected chi connectivity index (χ0v) is 19.6. The number of nitro benzene ring substituents is 1. The molecule has 1 aliphatic rings. The molecule has 8 heteroatoms. The lowest BCUT2D eigenvalue weighted by Crippen LogP contribution is -2.46. The van der Waals surface area contributed by atoms with E-state index in [0.717, 1.165) is 24.0 Å². The van der Waals surface area contributed by atoms with E-state index < -0.39 is 10.5 Å². The normalized spacial score (nSPS) is 14.9. The second kappa shape index (κ2) is 10.7. The predicted molar refractivity (Wildman–Crippen MR) is 133 cm³/mol. The van der Waals surface area contributed by atoms with Crippen LogP contribution in [0, 0.1) is 16.0 Å². The zero-order valence-electron chi connectivity index (χ0n) is 19.6. The number of aliphatic hydroxyl groups is 1. The lowest BCUT2D eigenvalue weighted by atomic mass is 9.72. The standard InChI is InChI=1S/C27H29N3O5/c1-35-25-18-23(30(33)34)12-13-24(25)28-26(31)19-29-16-14-22(15-17-29)27(32,20-8-4-2-5-9-20)21-10-6-3-7-11-21/h2-13,18,22,32H,14-17,19H2,1H3,(H,28,31). The maximum absolute atomic E-state index is 12.7. The van der Waals surface area contributed by atoms with Gasteiger partial charge in [-0.25, -0.2) is 0 Å². The van der Waals surface area contributed by atoms with Crippen molar-refractivity contribution in [1.29, 1.82) is 0 Å². The first-order valence-electron chi connectivity index (χ1n) is 11.6. The van der Waals surface area contributed by atoms with Crippen molar-refractivity contribution in [2.24, 2.45) is 5.92 Å². The molecule has 182 valence electrons. The number of non-ortho nitro benzene ring substituents is 1. The van der Waals surface area contributed by atoms with Crippen LogP contribution in [0.2, 0.25) is 0 Å². The smallest absolute Gasteiger partial charge is 0.273 e. The van der Waals surface area contributed by atoms with Crippen molar-refractivity contribution < 1.29 is 19.6 Å². The molecule has 1 heterocycles. The van der Waals surface area contributed by atoms with E-state index in [2.05, 4.69) is 10.2 Å². The molecule has 1 saturated heterocycles. The third kappa shape index (κ3) is 5.34. The molecule has 2 N–H and O–H groups in total. The number of nitro groups is 1. The van der Waals surface area contributed by atoms with Gasteiger partial charge in [-0.15, -0.1) is 0 Å². The summed E-state index contributed by atoms with van der Waals surface area (Å²) < 4.78 is 5.20. The molecule has 0 aliphatic carbocycles. The highest BCUT2D eigenvalue weighted by atomic mass is 16.6. The van der Waals surface area contributed by atoms with Gasteiger partial charge in [-0.1, -0.05) is 60.7 Å². The Morgan fingerprint density at radius 1 is 1.06 bits per heavy atom. The maximum Gasteiger partial charge on any atom is 0.273 e. The lowest BCUT2D eigenvalue weighted by Gasteiger charge is -2.42. The van der Waals surface area contributed by atoms with E-state index in [0.29, 0.717) is 18.8 Å². The fourth-order valence-electron chi connectivity index (χ4n) is 4.82. The molecule has 0 saturated carbocycles. The first-order valence-corrected chi connectivity index (χ1v) is 11.6. The van der Waals surface area contributed by atoms with Gasteiger partial charge in [0, 0.05) is 6.07 Å². The van der Waals surface area contributed by atoms with Gasteiger partial charge in [0.2, 0.25) is 5.91 Å². The summed E-state index contributed by atoms with van der Waals surface area (Å²) >= 11 is 0. The number of methoxy groups -OCH3 is 1. The van der Waals surface area contributed by atoms with E-state index in [1.165, 1.54) is 25.3 Å². The highest BCUT2D eigenvalue weighted by molar-refractivity contribution is 5.93. The van der Waals surface area contributed by atoms with Crippen molar-refractivity contribution in [2.75, 3.05) is 32.1 Å². The predicted octanol–water partition coefficient (Wildman–Crippen LogP) is 4.19. The monoisotopic (exact) mass is 475 g/mol. The average Bonchev–Trinajstić information content (AvgIpc) is 2.89. The van der Waals surface area contributed by atoms with Crippen molar-refractivity contribution in [1.82, 2.24) is 4.90 Å². The molecule has 0 unspecified atom stereocenters. The number of nitrogens with zero attached hydrogens (tertiary/aromatic N) is 2. The number of rotatable bonds is 8. The Morgan fingerprint density at radius 2 is 1.63 bits per heavy atom. The van der Waals surface area contributed by atoms with Crippen molar-refractivity contribution in [3.8, 4) is 5.75 Å². The Hall–Kier alpha value is -3.75. The highest BCUT2D eigenvalue weighted by Crippen LogP contribution is 2.41. The van der Waals surface area contributed by atoms with Crippen molar-refractivity contribution in [2.45, 2.75) is 18.4 Å². The van der Waals surface area contributed by atoms with E-state index in [1.54, 1.807) is 0 Å². The number of carbonyl (C=O) groups is 1. The molecule has 0 radical (unpaired) electrons. The summed E-state index contributed by atoms with van der Waals surface area (Å²) in [4.78, 5) is 25.2. The van der Waals surface area contributed by atoms with E-state index in [1.807, 2.05) is 60.7 Å². The number of anilines is 1. The molecule has 0 aromatic heterocycles. The summed E-state index contributed by atoms with van der Waals surface area (Å²) in [6.45, 7) is 1.51. The number of piperidine rings is 1. The Balaban J connectivity index is 1.42. The van der Waals surface area contributed by atoms with Crippen LogP contribution in [0.25, 0.3) is 0 Å². The van der Waals surface area contributed by atoms with E-state index in [-0.39, 0.29) is 29.8 Å². The van der Waals surface area contributed by atoms with Gasteiger partial charge in [0.25, 0.3) is 5.69 Å². The minimum Gasteiger partial charge on any atom is -0.494 e. The number of hydrogen-bond acceptors (Lipinski definition) is 6. The van der Waals surface area contributed by atoms with Crippen LogP contribution in [-0.2, 0) is 10.4 Å². The fourth-order valence-corrected chi connectivity index (χ4v) is 4.82. The maximum atomic E-state index is 12.7. The van der Waals surface area contributed by atoms with Crippen LogP contribution in [0.1, 0.15) is 24.0 Å². The molecule has 3 aromatic rings. The van der Waals surface area contributed by atoms with Gasteiger partial charge in [-0.2, -0.15) is 0 Å². The summed E-state index contributed by atoms with van der Waals surface area (Å²) in [5.74, 6) is 0.0143. The minimum absolute atomic E-state index is 0.00128. The number of ether oxygens (including phenoxy) is 1. The van der Waals surface area contributed by atoms with Gasteiger partial charge in [-0.3, -0.25) is 19.8 Å². The van der Waals surface area contributed by atoms with Crippen molar-refractivity contribution in [3.63, 3.8) is 0 Å². The van der Waals surface area contributed by atoms with Crippen LogP contribution in [0.5, 0.6) is 5.75 Å². The summed E-state index contributed by atoms with van der Waals surface area (Å²) in [5, 5.41) is 25.8. The molecule has 1 fully saturated rings. The topological polar surface area (TPSA) is 105 Å². The molecule has 4 rings (SSSR count). The molecule has 0 atom stereocenters. The van der Waals surface area contributed by atoms with Crippen LogP contribution in [-0.4, -0.2) is 47.6 Å². The molecular weight excluding hydrogens is 446 g/mol. The first kappa shape index (κ1) is 24.4. The molecule has 1 aliphatic heterocycles.